The van der Waals surface area contributed by atoms with Crippen LogP contribution in [0.15, 0.2) is 42.5 Å². The van der Waals surface area contributed by atoms with Crippen LogP contribution in [0.4, 0.5) is 13.2 Å². The Balaban J connectivity index is 1.49. The summed E-state index contributed by atoms with van der Waals surface area (Å²) in [5, 5.41) is 0. The maximum atomic E-state index is 13.4. The lowest BCUT2D eigenvalue weighted by Crippen LogP contribution is -2.53. The van der Waals surface area contributed by atoms with Crippen molar-refractivity contribution < 1.29 is 32.2 Å². The van der Waals surface area contributed by atoms with Gasteiger partial charge < -0.3 is 19.3 Å². The number of ether oxygens (including phenoxy) is 2. The van der Waals surface area contributed by atoms with Crippen molar-refractivity contribution >= 4 is 23.6 Å². The van der Waals surface area contributed by atoms with Gasteiger partial charge in [-0.25, -0.2) is 0 Å². The molecule has 0 radical (unpaired) electrons. The third-order valence-electron chi connectivity index (χ3n) is 6.29. The number of nitrogens with zero attached hydrogens (tertiary/aromatic N) is 2. The minimum atomic E-state index is -4.51. The van der Waals surface area contributed by atoms with Crippen LogP contribution in [0, 0.1) is 0 Å². The van der Waals surface area contributed by atoms with E-state index >= 15 is 0 Å². The Morgan fingerprint density at radius 2 is 1.56 bits per heavy atom. The zero-order valence-electron chi connectivity index (χ0n) is 18.9. The molecule has 2 aromatic carbocycles. The molecule has 1 spiro atoms. The maximum absolute atomic E-state index is 13.4. The number of carbonyl (C=O) groups is 2. The molecule has 6 nitrogen and oxygen atoms in total. The summed E-state index contributed by atoms with van der Waals surface area (Å²) in [5.41, 5.74) is -0.370. The third-order valence-corrected chi connectivity index (χ3v) is 7.84. The van der Waals surface area contributed by atoms with Gasteiger partial charge in [-0.1, -0.05) is 6.07 Å². The number of hydrogen-bond acceptors (Lipinski definition) is 5. The zero-order valence-corrected chi connectivity index (χ0v) is 19.7. The molecule has 2 aliphatic heterocycles. The van der Waals surface area contributed by atoms with Gasteiger partial charge in [-0.05, 0) is 43.2 Å². The number of alkyl halides is 3. The summed E-state index contributed by atoms with van der Waals surface area (Å²) in [4.78, 5) is 29.3. The van der Waals surface area contributed by atoms with Gasteiger partial charge in [0.15, 0.2) is 0 Å². The molecule has 0 bridgehead atoms. The SMILES string of the molecule is COc1cc(OC)cc(C(=O)N2CCSC23CCN(C(=O)c2cccc(C(F)(F)F)c2)CC3)c1. The number of rotatable bonds is 4. The molecular weight excluding hydrogens is 469 g/mol. The third kappa shape index (κ3) is 4.68. The van der Waals surface area contributed by atoms with Crippen molar-refractivity contribution in [3.05, 3.63) is 59.2 Å². The number of benzene rings is 2. The molecule has 0 saturated carbocycles. The smallest absolute Gasteiger partial charge is 0.416 e. The van der Waals surface area contributed by atoms with Crippen LogP contribution < -0.4 is 9.47 Å². The second-order valence-corrected chi connectivity index (χ2v) is 9.68. The Labute approximate surface area is 200 Å². The van der Waals surface area contributed by atoms with Gasteiger partial charge in [-0.2, -0.15) is 13.2 Å². The van der Waals surface area contributed by atoms with Gasteiger partial charge in [0.1, 0.15) is 11.5 Å². The predicted octanol–water partition coefficient (Wildman–Crippen LogP) is 4.54. The first kappa shape index (κ1) is 24.3. The normalized spacial score (nSPS) is 17.7. The average Bonchev–Trinajstić information content (AvgIpc) is 3.25. The maximum Gasteiger partial charge on any atom is 0.416 e. The fourth-order valence-corrected chi connectivity index (χ4v) is 5.92. The quantitative estimate of drug-likeness (QED) is 0.625. The molecule has 2 aliphatic rings. The summed E-state index contributed by atoms with van der Waals surface area (Å²) in [6.45, 7) is 1.28. The zero-order chi connectivity index (χ0) is 24.5. The molecule has 0 aromatic heterocycles. The number of amides is 2. The number of methoxy groups -OCH3 is 2. The monoisotopic (exact) mass is 494 g/mol. The minimum Gasteiger partial charge on any atom is -0.497 e. The highest BCUT2D eigenvalue weighted by molar-refractivity contribution is 8.00. The standard InChI is InChI=1S/C24H25F3N2O4S/c1-32-19-13-17(14-20(15-19)33-2)22(31)29-10-11-34-23(29)6-8-28(9-7-23)21(30)16-4-3-5-18(12-16)24(25,26)27/h3-5,12-15H,6-11H2,1-2H3. The molecule has 2 aromatic rings. The number of carbonyl (C=O) groups excluding carboxylic acids is 2. The van der Waals surface area contributed by atoms with Crippen LogP contribution in [0.5, 0.6) is 11.5 Å². The lowest BCUT2D eigenvalue weighted by molar-refractivity contribution is -0.137. The van der Waals surface area contributed by atoms with E-state index in [4.69, 9.17) is 9.47 Å². The van der Waals surface area contributed by atoms with Crippen molar-refractivity contribution in [1.82, 2.24) is 9.80 Å². The Kier molecular flexibility index (Phi) is 6.71. The summed E-state index contributed by atoms with van der Waals surface area (Å²) in [6.07, 6.45) is -3.43. The molecule has 0 atom stereocenters. The fourth-order valence-electron chi connectivity index (χ4n) is 4.47. The van der Waals surface area contributed by atoms with E-state index < -0.39 is 22.5 Å². The molecule has 0 aliphatic carbocycles. The largest absolute Gasteiger partial charge is 0.497 e. The number of thioether (sulfide) groups is 1. The molecule has 2 saturated heterocycles. The van der Waals surface area contributed by atoms with E-state index in [0.717, 1.165) is 17.9 Å². The second-order valence-electron chi connectivity index (χ2n) is 8.22. The predicted molar refractivity (Wildman–Crippen MR) is 122 cm³/mol. The van der Waals surface area contributed by atoms with Crippen LogP contribution in [0.2, 0.25) is 0 Å². The van der Waals surface area contributed by atoms with Gasteiger partial charge >= 0.3 is 6.18 Å². The average molecular weight is 495 g/mol. The van der Waals surface area contributed by atoms with Gasteiger partial charge in [0.25, 0.3) is 11.8 Å². The number of piperidine rings is 1. The highest BCUT2D eigenvalue weighted by Crippen LogP contribution is 2.45. The highest BCUT2D eigenvalue weighted by Gasteiger charge is 2.47. The second kappa shape index (κ2) is 9.40. The van der Waals surface area contributed by atoms with E-state index in [0.29, 0.717) is 49.5 Å². The summed E-state index contributed by atoms with van der Waals surface area (Å²) < 4.78 is 49.7. The minimum absolute atomic E-state index is 0.0151. The first-order valence-corrected chi connectivity index (χ1v) is 11.8. The number of halogens is 3. The van der Waals surface area contributed by atoms with E-state index in [1.165, 1.54) is 26.4 Å². The van der Waals surface area contributed by atoms with Gasteiger partial charge in [-0.15, -0.1) is 11.8 Å². The molecule has 2 heterocycles. The van der Waals surface area contributed by atoms with Gasteiger partial charge in [0.05, 0.1) is 24.7 Å². The van der Waals surface area contributed by atoms with Crippen molar-refractivity contribution in [2.75, 3.05) is 39.6 Å². The van der Waals surface area contributed by atoms with Crippen LogP contribution in [-0.4, -0.2) is 66.1 Å². The topological polar surface area (TPSA) is 59.1 Å². The molecule has 2 amide bonds. The molecule has 4 rings (SSSR count). The Hall–Kier alpha value is -2.88. The Morgan fingerprint density at radius 3 is 2.15 bits per heavy atom. The van der Waals surface area contributed by atoms with Crippen LogP contribution >= 0.6 is 11.8 Å². The van der Waals surface area contributed by atoms with Crippen molar-refractivity contribution in [2.24, 2.45) is 0 Å². The first-order valence-electron chi connectivity index (χ1n) is 10.8. The van der Waals surface area contributed by atoms with Gasteiger partial charge in [0, 0.05) is 42.6 Å². The van der Waals surface area contributed by atoms with Crippen LogP contribution in [0.25, 0.3) is 0 Å². The lowest BCUT2D eigenvalue weighted by atomic mass is 9.99. The van der Waals surface area contributed by atoms with E-state index in [2.05, 4.69) is 0 Å². The Bertz CT molecular complexity index is 1060. The molecule has 0 unspecified atom stereocenters. The molecule has 10 heteroatoms. The molecular formula is C24H25F3N2O4S. The van der Waals surface area contributed by atoms with E-state index in [1.807, 2.05) is 4.90 Å². The number of hydrogen-bond donors (Lipinski definition) is 0. The van der Waals surface area contributed by atoms with Crippen molar-refractivity contribution in [2.45, 2.75) is 23.9 Å². The molecule has 0 N–H and O–H groups in total. The van der Waals surface area contributed by atoms with Crippen molar-refractivity contribution in [3.8, 4) is 11.5 Å². The van der Waals surface area contributed by atoms with E-state index in [-0.39, 0.29) is 11.5 Å². The first-order chi connectivity index (χ1) is 16.2. The highest BCUT2D eigenvalue weighted by atomic mass is 32.2. The van der Waals surface area contributed by atoms with E-state index in [1.54, 1.807) is 34.9 Å². The van der Waals surface area contributed by atoms with Crippen LogP contribution in [0.3, 0.4) is 0 Å². The summed E-state index contributed by atoms with van der Waals surface area (Å²) >= 11 is 1.69. The molecule has 182 valence electrons. The Morgan fingerprint density at radius 1 is 0.912 bits per heavy atom. The van der Waals surface area contributed by atoms with Crippen LogP contribution in [0.1, 0.15) is 39.1 Å². The van der Waals surface area contributed by atoms with E-state index in [9.17, 15) is 22.8 Å². The summed E-state index contributed by atoms with van der Waals surface area (Å²) in [6, 6.07) is 9.54. The summed E-state index contributed by atoms with van der Waals surface area (Å²) in [7, 11) is 3.04. The molecule has 2 fully saturated rings. The number of likely N-dealkylation sites (tertiary alicyclic amines) is 1. The van der Waals surface area contributed by atoms with Crippen molar-refractivity contribution in [3.63, 3.8) is 0 Å². The van der Waals surface area contributed by atoms with Gasteiger partial charge in [0.2, 0.25) is 0 Å². The van der Waals surface area contributed by atoms with Crippen LogP contribution in [-0.2, 0) is 6.18 Å². The fraction of sp³-hybridized carbons (Fsp3) is 0.417. The molecule has 34 heavy (non-hydrogen) atoms. The summed E-state index contributed by atoms with van der Waals surface area (Å²) in [5.74, 6) is 1.24. The van der Waals surface area contributed by atoms with Gasteiger partial charge in [-0.3, -0.25) is 9.59 Å². The van der Waals surface area contributed by atoms with Crippen molar-refractivity contribution in [1.29, 1.82) is 0 Å². The lowest BCUT2D eigenvalue weighted by Gasteiger charge is -2.44.